The Morgan fingerprint density at radius 2 is 2.00 bits per heavy atom. The topological polar surface area (TPSA) is 70.4 Å². The molecule has 1 heterocycles. The quantitative estimate of drug-likeness (QED) is 0.877. The third kappa shape index (κ3) is 2.29. The summed E-state index contributed by atoms with van der Waals surface area (Å²) in [5, 5.41) is 18.9. The first kappa shape index (κ1) is 11.6. The number of carboxylic acids is 1. The van der Waals surface area contributed by atoms with Crippen molar-refractivity contribution in [3.05, 3.63) is 34.8 Å². The number of carboxylic acid groups (broad SMARTS) is 1. The normalized spacial score (nSPS) is 10.4. The van der Waals surface area contributed by atoms with Crippen molar-refractivity contribution in [2.45, 2.75) is 13.3 Å². The number of benzene rings is 1. The molecule has 0 bridgehead atoms. The van der Waals surface area contributed by atoms with Crippen LogP contribution in [0.25, 0.3) is 10.6 Å². The summed E-state index contributed by atoms with van der Waals surface area (Å²) in [5.74, 6) is -0.817. The van der Waals surface area contributed by atoms with Gasteiger partial charge in [-0.1, -0.05) is 6.92 Å². The second kappa shape index (κ2) is 4.55. The van der Waals surface area contributed by atoms with E-state index in [0.717, 1.165) is 10.4 Å². The summed E-state index contributed by atoms with van der Waals surface area (Å²) >= 11 is 1.37. The second-order valence-electron chi connectivity index (χ2n) is 3.50. The Hall–Kier alpha value is -1.88. The zero-order valence-electron chi connectivity index (χ0n) is 9.17. The van der Waals surface area contributed by atoms with Gasteiger partial charge in [0.25, 0.3) is 0 Å². The first-order valence-corrected chi connectivity index (χ1v) is 5.96. The minimum absolute atomic E-state index is 0.126. The molecule has 0 aliphatic rings. The zero-order valence-corrected chi connectivity index (χ0v) is 9.99. The highest BCUT2D eigenvalue weighted by atomic mass is 32.1. The molecule has 2 aromatic rings. The lowest BCUT2D eigenvalue weighted by Gasteiger charge is -1.95. The van der Waals surface area contributed by atoms with Crippen molar-refractivity contribution >= 4 is 17.3 Å². The van der Waals surface area contributed by atoms with Crippen LogP contribution in [0.4, 0.5) is 0 Å². The predicted molar refractivity (Wildman–Crippen MR) is 65.6 cm³/mol. The maximum absolute atomic E-state index is 11.0. The molecule has 5 heteroatoms. The number of nitrogens with zero attached hydrogens (tertiary/aromatic N) is 1. The number of hydrogen-bond donors (Lipinski definition) is 2. The molecule has 0 unspecified atom stereocenters. The van der Waals surface area contributed by atoms with Crippen LogP contribution >= 0.6 is 11.3 Å². The van der Waals surface area contributed by atoms with E-state index in [9.17, 15) is 9.90 Å². The average molecular weight is 249 g/mol. The standard InChI is InChI=1S/C12H11NO3S/c1-2-9-10(12(15)16)13-11(17-9)7-3-5-8(14)6-4-7/h3-6,14H,2H2,1H3,(H,15,16). The van der Waals surface area contributed by atoms with Gasteiger partial charge in [-0.2, -0.15) is 0 Å². The summed E-state index contributed by atoms with van der Waals surface area (Å²) in [6.45, 7) is 1.90. The lowest BCUT2D eigenvalue weighted by molar-refractivity contribution is 0.0690. The van der Waals surface area contributed by atoms with Crippen molar-refractivity contribution in [3.8, 4) is 16.3 Å². The number of thiazole rings is 1. The van der Waals surface area contributed by atoms with Gasteiger partial charge in [0.2, 0.25) is 0 Å². The number of phenols is 1. The van der Waals surface area contributed by atoms with Crippen LogP contribution in [0.3, 0.4) is 0 Å². The highest BCUT2D eigenvalue weighted by molar-refractivity contribution is 7.15. The van der Waals surface area contributed by atoms with Crippen molar-refractivity contribution in [2.75, 3.05) is 0 Å². The van der Waals surface area contributed by atoms with Crippen molar-refractivity contribution in [1.82, 2.24) is 4.98 Å². The summed E-state index contributed by atoms with van der Waals surface area (Å²) < 4.78 is 0. The molecule has 4 nitrogen and oxygen atoms in total. The SMILES string of the molecule is CCc1sc(-c2ccc(O)cc2)nc1C(=O)O. The molecule has 1 aromatic carbocycles. The van der Waals surface area contributed by atoms with Gasteiger partial charge in [0.15, 0.2) is 5.69 Å². The van der Waals surface area contributed by atoms with Gasteiger partial charge in [-0.15, -0.1) is 11.3 Å². The Morgan fingerprint density at radius 3 is 2.47 bits per heavy atom. The fourth-order valence-electron chi connectivity index (χ4n) is 1.49. The van der Waals surface area contributed by atoms with E-state index in [4.69, 9.17) is 5.11 Å². The molecule has 0 aliphatic carbocycles. The minimum atomic E-state index is -0.997. The van der Waals surface area contributed by atoms with Crippen LogP contribution in [0, 0.1) is 0 Å². The van der Waals surface area contributed by atoms with Gasteiger partial charge in [0, 0.05) is 10.4 Å². The zero-order chi connectivity index (χ0) is 12.4. The van der Waals surface area contributed by atoms with Crippen LogP contribution in [-0.2, 0) is 6.42 Å². The molecule has 0 atom stereocenters. The first-order valence-electron chi connectivity index (χ1n) is 5.14. The monoisotopic (exact) mass is 249 g/mol. The summed E-state index contributed by atoms with van der Waals surface area (Å²) in [6.07, 6.45) is 0.650. The van der Waals surface area contributed by atoms with Crippen LogP contribution in [0.1, 0.15) is 22.3 Å². The van der Waals surface area contributed by atoms with Crippen LogP contribution in [0.5, 0.6) is 5.75 Å². The van der Waals surface area contributed by atoms with E-state index < -0.39 is 5.97 Å². The molecule has 0 fully saturated rings. The first-order chi connectivity index (χ1) is 8.11. The van der Waals surface area contributed by atoms with Gasteiger partial charge in [0.05, 0.1) is 0 Å². The minimum Gasteiger partial charge on any atom is -0.508 e. The van der Waals surface area contributed by atoms with Crippen LogP contribution in [-0.4, -0.2) is 21.2 Å². The lowest BCUT2D eigenvalue weighted by Crippen LogP contribution is -1.99. The molecule has 0 spiro atoms. The molecule has 0 saturated heterocycles. The Labute approximate surface area is 102 Å². The summed E-state index contributed by atoms with van der Waals surface area (Å²) in [7, 11) is 0. The number of aromatic nitrogens is 1. The second-order valence-corrected chi connectivity index (χ2v) is 4.58. The number of rotatable bonds is 3. The van der Waals surface area contributed by atoms with E-state index in [-0.39, 0.29) is 11.4 Å². The molecule has 1 aromatic heterocycles. The smallest absolute Gasteiger partial charge is 0.355 e. The largest absolute Gasteiger partial charge is 0.508 e. The van der Waals surface area contributed by atoms with Crippen molar-refractivity contribution in [1.29, 1.82) is 0 Å². The highest BCUT2D eigenvalue weighted by Gasteiger charge is 2.16. The highest BCUT2D eigenvalue weighted by Crippen LogP contribution is 2.29. The van der Waals surface area contributed by atoms with E-state index in [2.05, 4.69) is 4.98 Å². The summed E-state index contributed by atoms with van der Waals surface area (Å²) in [5.41, 5.74) is 0.940. The summed E-state index contributed by atoms with van der Waals surface area (Å²) in [6, 6.07) is 6.56. The van der Waals surface area contributed by atoms with E-state index in [1.54, 1.807) is 24.3 Å². The van der Waals surface area contributed by atoms with Gasteiger partial charge in [-0.05, 0) is 30.7 Å². The molecule has 17 heavy (non-hydrogen) atoms. The fraction of sp³-hybridized carbons (Fsp3) is 0.167. The van der Waals surface area contributed by atoms with Gasteiger partial charge in [-0.25, -0.2) is 9.78 Å². The molecule has 0 radical (unpaired) electrons. The number of hydrogen-bond acceptors (Lipinski definition) is 4. The van der Waals surface area contributed by atoms with Gasteiger partial charge in [-0.3, -0.25) is 0 Å². The molecule has 0 amide bonds. The maximum Gasteiger partial charge on any atom is 0.355 e. The molecule has 2 N–H and O–H groups in total. The van der Waals surface area contributed by atoms with E-state index in [1.807, 2.05) is 6.92 Å². The average Bonchev–Trinajstić information content (AvgIpc) is 2.74. The van der Waals surface area contributed by atoms with Gasteiger partial charge in [0.1, 0.15) is 10.8 Å². The number of aryl methyl sites for hydroxylation is 1. The number of carbonyl (C=O) groups is 1. The number of phenolic OH excluding ortho intramolecular Hbond substituents is 1. The summed E-state index contributed by atoms with van der Waals surface area (Å²) in [4.78, 5) is 15.9. The van der Waals surface area contributed by atoms with Crippen LogP contribution < -0.4 is 0 Å². The van der Waals surface area contributed by atoms with Gasteiger partial charge >= 0.3 is 5.97 Å². The Balaban J connectivity index is 2.46. The molecule has 2 rings (SSSR count). The Morgan fingerprint density at radius 1 is 1.35 bits per heavy atom. The number of aromatic carboxylic acids is 1. The molecule has 0 saturated carbocycles. The van der Waals surface area contributed by atoms with Crippen LogP contribution in [0.15, 0.2) is 24.3 Å². The molecular formula is C12H11NO3S. The third-order valence-corrected chi connectivity index (χ3v) is 3.58. The van der Waals surface area contributed by atoms with Crippen molar-refractivity contribution < 1.29 is 15.0 Å². The van der Waals surface area contributed by atoms with Crippen LogP contribution in [0.2, 0.25) is 0 Å². The Kier molecular flexibility index (Phi) is 3.10. The van der Waals surface area contributed by atoms with E-state index in [0.29, 0.717) is 11.4 Å². The van der Waals surface area contributed by atoms with Crippen molar-refractivity contribution in [2.24, 2.45) is 0 Å². The van der Waals surface area contributed by atoms with E-state index >= 15 is 0 Å². The molecule has 88 valence electrons. The van der Waals surface area contributed by atoms with Gasteiger partial charge < -0.3 is 10.2 Å². The Bertz CT molecular complexity index is 545. The fourth-order valence-corrected chi connectivity index (χ4v) is 2.48. The lowest BCUT2D eigenvalue weighted by atomic mass is 10.2. The third-order valence-electron chi connectivity index (χ3n) is 2.34. The molecular weight excluding hydrogens is 238 g/mol. The van der Waals surface area contributed by atoms with Crippen molar-refractivity contribution in [3.63, 3.8) is 0 Å². The predicted octanol–water partition coefficient (Wildman–Crippen LogP) is 2.78. The molecule has 0 aliphatic heterocycles. The maximum atomic E-state index is 11.0. The number of aromatic hydroxyl groups is 1. The van der Waals surface area contributed by atoms with E-state index in [1.165, 1.54) is 11.3 Å².